The molecule has 1 aliphatic rings. The number of benzene rings is 2. The van der Waals surface area contributed by atoms with Gasteiger partial charge in [0.2, 0.25) is 0 Å². The van der Waals surface area contributed by atoms with E-state index in [2.05, 4.69) is 29.4 Å². The van der Waals surface area contributed by atoms with Gasteiger partial charge < -0.3 is 15.7 Å². The van der Waals surface area contributed by atoms with Gasteiger partial charge in [-0.15, -0.1) is 0 Å². The monoisotopic (exact) mass is 338 g/mol. The molecule has 0 heterocycles. The van der Waals surface area contributed by atoms with E-state index in [1.807, 2.05) is 37.3 Å². The van der Waals surface area contributed by atoms with E-state index < -0.39 is 5.54 Å². The summed E-state index contributed by atoms with van der Waals surface area (Å²) in [7, 11) is 0. The quantitative estimate of drug-likeness (QED) is 0.625. The molecular weight excluding hydrogens is 312 g/mol. The molecule has 4 nitrogen and oxygen atoms in total. The first-order chi connectivity index (χ1) is 12.1. The maximum atomic E-state index is 9.42. The first kappa shape index (κ1) is 17.6. The van der Waals surface area contributed by atoms with Gasteiger partial charge >= 0.3 is 0 Å². The van der Waals surface area contributed by atoms with Crippen molar-refractivity contribution in [1.29, 1.82) is 0 Å². The molecule has 2 atom stereocenters. The zero-order valence-corrected chi connectivity index (χ0v) is 14.7. The van der Waals surface area contributed by atoms with E-state index in [4.69, 9.17) is 10.6 Å². The minimum Gasteiger partial charge on any atom is -0.394 e. The van der Waals surface area contributed by atoms with Crippen LogP contribution in [0.4, 0.5) is 0 Å². The molecule has 1 aliphatic carbocycles. The molecule has 3 N–H and O–H groups in total. The van der Waals surface area contributed by atoms with Crippen molar-refractivity contribution in [1.82, 2.24) is 0 Å². The van der Waals surface area contributed by atoms with Crippen molar-refractivity contribution in [2.75, 3.05) is 6.61 Å². The van der Waals surface area contributed by atoms with Gasteiger partial charge in [-0.2, -0.15) is 0 Å². The summed E-state index contributed by atoms with van der Waals surface area (Å²) in [5.74, 6) is 0.428. The topological polar surface area (TPSA) is 67.8 Å². The smallest absolute Gasteiger partial charge is 0.142 e. The van der Waals surface area contributed by atoms with E-state index in [0.717, 1.165) is 36.1 Å². The lowest BCUT2D eigenvalue weighted by Crippen LogP contribution is -2.40. The number of oxime groups is 1. The van der Waals surface area contributed by atoms with Crippen LogP contribution in [0.15, 0.2) is 59.8 Å². The van der Waals surface area contributed by atoms with Crippen LogP contribution in [0, 0.1) is 0 Å². The Balaban J connectivity index is 1.59. The SMILES string of the molecule is CC(=NOCc1ccccc1)c1ccc([C@@H]2CC[C@](N)(CO)C2)cc1. The predicted molar refractivity (Wildman–Crippen MR) is 100 cm³/mol. The second kappa shape index (κ2) is 7.81. The van der Waals surface area contributed by atoms with Gasteiger partial charge in [0.15, 0.2) is 0 Å². The maximum Gasteiger partial charge on any atom is 0.142 e. The molecule has 0 aromatic heterocycles. The fraction of sp³-hybridized carbons (Fsp3) is 0.381. The second-order valence-corrected chi connectivity index (χ2v) is 7.02. The predicted octanol–water partition coefficient (Wildman–Crippen LogP) is 3.58. The highest BCUT2D eigenvalue weighted by Crippen LogP contribution is 2.39. The van der Waals surface area contributed by atoms with E-state index >= 15 is 0 Å². The number of hydrogen-bond acceptors (Lipinski definition) is 4. The third-order valence-electron chi connectivity index (χ3n) is 5.03. The molecule has 0 saturated heterocycles. The van der Waals surface area contributed by atoms with E-state index in [1.165, 1.54) is 5.56 Å². The van der Waals surface area contributed by atoms with Crippen LogP contribution in [0.2, 0.25) is 0 Å². The van der Waals surface area contributed by atoms with Gasteiger partial charge in [-0.1, -0.05) is 59.8 Å². The van der Waals surface area contributed by atoms with E-state index in [-0.39, 0.29) is 6.61 Å². The summed E-state index contributed by atoms with van der Waals surface area (Å²) in [5.41, 5.74) is 10.1. The zero-order chi connectivity index (χ0) is 17.7. The molecule has 1 saturated carbocycles. The van der Waals surface area contributed by atoms with Crippen LogP contribution in [-0.2, 0) is 11.4 Å². The first-order valence-corrected chi connectivity index (χ1v) is 8.80. The highest BCUT2D eigenvalue weighted by atomic mass is 16.6. The molecule has 0 unspecified atom stereocenters. The summed E-state index contributed by atoms with van der Waals surface area (Å²) < 4.78 is 0. The van der Waals surface area contributed by atoms with Crippen molar-refractivity contribution in [3.8, 4) is 0 Å². The number of aliphatic hydroxyl groups excluding tert-OH is 1. The van der Waals surface area contributed by atoms with Crippen LogP contribution in [0.3, 0.4) is 0 Å². The highest BCUT2D eigenvalue weighted by molar-refractivity contribution is 5.98. The minimum atomic E-state index is -0.411. The molecule has 25 heavy (non-hydrogen) atoms. The molecule has 0 amide bonds. The normalized spacial score (nSPS) is 23.6. The minimum absolute atomic E-state index is 0.0616. The lowest BCUT2D eigenvalue weighted by atomic mass is 9.93. The van der Waals surface area contributed by atoms with Crippen molar-refractivity contribution >= 4 is 5.71 Å². The lowest BCUT2D eigenvalue weighted by Gasteiger charge is -2.20. The van der Waals surface area contributed by atoms with Crippen LogP contribution in [0.25, 0.3) is 0 Å². The summed E-state index contributed by atoms with van der Waals surface area (Å²) in [5, 5.41) is 13.6. The number of hydrogen-bond donors (Lipinski definition) is 2. The molecule has 0 radical (unpaired) electrons. The lowest BCUT2D eigenvalue weighted by molar-refractivity contribution is 0.130. The molecule has 2 aromatic carbocycles. The molecule has 0 bridgehead atoms. The Morgan fingerprint density at radius 2 is 1.92 bits per heavy atom. The fourth-order valence-corrected chi connectivity index (χ4v) is 3.41. The first-order valence-electron chi connectivity index (χ1n) is 8.80. The average Bonchev–Trinajstić information content (AvgIpc) is 3.06. The van der Waals surface area contributed by atoms with Gasteiger partial charge in [0.25, 0.3) is 0 Å². The highest BCUT2D eigenvalue weighted by Gasteiger charge is 2.35. The van der Waals surface area contributed by atoms with Crippen LogP contribution in [-0.4, -0.2) is 23.0 Å². The second-order valence-electron chi connectivity index (χ2n) is 7.02. The van der Waals surface area contributed by atoms with Gasteiger partial charge in [-0.3, -0.25) is 0 Å². The Bertz CT molecular complexity index is 712. The van der Waals surface area contributed by atoms with Crippen LogP contribution < -0.4 is 5.73 Å². The van der Waals surface area contributed by atoms with Crippen LogP contribution >= 0.6 is 0 Å². The largest absolute Gasteiger partial charge is 0.394 e. The summed E-state index contributed by atoms with van der Waals surface area (Å²) in [6.07, 6.45) is 2.75. The number of rotatable bonds is 6. The zero-order valence-electron chi connectivity index (χ0n) is 14.7. The average molecular weight is 338 g/mol. The molecule has 0 spiro atoms. The van der Waals surface area contributed by atoms with Gasteiger partial charge in [0.1, 0.15) is 6.61 Å². The van der Waals surface area contributed by atoms with E-state index in [0.29, 0.717) is 12.5 Å². The van der Waals surface area contributed by atoms with Gasteiger partial charge in [-0.05, 0) is 48.8 Å². The Kier molecular flexibility index (Phi) is 5.51. The molecule has 0 aliphatic heterocycles. The van der Waals surface area contributed by atoms with E-state index in [1.54, 1.807) is 0 Å². The van der Waals surface area contributed by atoms with Crippen molar-refractivity contribution in [2.45, 2.75) is 44.2 Å². The van der Waals surface area contributed by atoms with Gasteiger partial charge in [0, 0.05) is 5.54 Å². The number of nitrogens with zero attached hydrogens (tertiary/aromatic N) is 1. The van der Waals surface area contributed by atoms with Crippen LogP contribution in [0.5, 0.6) is 0 Å². The number of nitrogens with two attached hydrogens (primary N) is 1. The summed E-state index contributed by atoms with van der Waals surface area (Å²) >= 11 is 0. The standard InChI is InChI=1S/C21H26N2O2/c1-16(23-25-14-17-5-3-2-4-6-17)18-7-9-19(10-8-18)20-11-12-21(22,13-20)15-24/h2-10,20,24H,11-15,22H2,1H3/t20-,21-/m1/s1. The molecule has 2 aromatic rings. The van der Waals surface area contributed by atoms with E-state index in [9.17, 15) is 5.11 Å². The molecular formula is C21H26N2O2. The van der Waals surface area contributed by atoms with Gasteiger partial charge in [-0.25, -0.2) is 0 Å². The number of aliphatic hydroxyl groups is 1. The van der Waals surface area contributed by atoms with Crippen molar-refractivity contribution in [2.24, 2.45) is 10.9 Å². The Hall–Kier alpha value is -2.17. The van der Waals surface area contributed by atoms with Gasteiger partial charge in [0.05, 0.1) is 12.3 Å². The summed E-state index contributed by atoms with van der Waals surface area (Å²) in [6.45, 7) is 2.48. The maximum absolute atomic E-state index is 9.42. The van der Waals surface area contributed by atoms with Crippen molar-refractivity contribution < 1.29 is 9.94 Å². The molecule has 3 rings (SSSR count). The van der Waals surface area contributed by atoms with Crippen molar-refractivity contribution in [3.05, 3.63) is 71.3 Å². The summed E-state index contributed by atoms with van der Waals surface area (Å²) in [6, 6.07) is 18.4. The van der Waals surface area contributed by atoms with Crippen molar-refractivity contribution in [3.63, 3.8) is 0 Å². The Morgan fingerprint density at radius 1 is 1.20 bits per heavy atom. The fourth-order valence-electron chi connectivity index (χ4n) is 3.41. The molecule has 132 valence electrons. The third-order valence-corrected chi connectivity index (χ3v) is 5.03. The Morgan fingerprint density at radius 3 is 2.56 bits per heavy atom. The third kappa shape index (κ3) is 4.47. The molecule has 1 fully saturated rings. The summed E-state index contributed by atoms with van der Waals surface area (Å²) in [4.78, 5) is 5.45. The van der Waals surface area contributed by atoms with Crippen LogP contribution in [0.1, 0.15) is 48.8 Å². The Labute approximate surface area is 149 Å². The molecule has 4 heteroatoms.